The molecule has 0 aliphatic carbocycles. The number of aliphatic carboxylic acids is 1. The molecule has 13 heteroatoms. The van der Waals surface area contributed by atoms with Crippen LogP contribution in [0.5, 0.6) is 17.2 Å². The van der Waals surface area contributed by atoms with Gasteiger partial charge < -0.3 is 24.1 Å². The number of hydrogen-bond donors (Lipinski definition) is 2. The first-order valence-corrected chi connectivity index (χ1v) is 12.2. The molecular weight excluding hydrogens is 486 g/mol. The van der Waals surface area contributed by atoms with Gasteiger partial charge in [0.1, 0.15) is 15.9 Å². The van der Waals surface area contributed by atoms with E-state index in [0.717, 1.165) is 11.8 Å². The number of carbonyl (C=O) groups excluding carboxylic acids is 1. The van der Waals surface area contributed by atoms with Gasteiger partial charge in [0.25, 0.3) is 0 Å². The van der Waals surface area contributed by atoms with Gasteiger partial charge in [0.15, 0.2) is 16.7 Å². The van der Waals surface area contributed by atoms with Crippen molar-refractivity contribution in [2.45, 2.75) is 23.5 Å². The van der Waals surface area contributed by atoms with Gasteiger partial charge in [0.05, 0.1) is 26.4 Å². The number of benzene rings is 2. The second-order valence-corrected chi connectivity index (χ2v) is 9.43. The van der Waals surface area contributed by atoms with Crippen LogP contribution >= 0.6 is 11.8 Å². The van der Waals surface area contributed by atoms with Crippen LogP contribution in [-0.4, -0.2) is 55.7 Å². The molecule has 2 N–H and O–H groups in total. The zero-order chi connectivity index (χ0) is 24.7. The summed E-state index contributed by atoms with van der Waals surface area (Å²) in [5, 5.41) is 18.5. The molecule has 0 spiro atoms. The number of hydrogen-bond acceptors (Lipinski definition) is 10. The molecule has 1 heterocycles. The largest absolute Gasteiger partial charge is 0.497 e. The van der Waals surface area contributed by atoms with Crippen molar-refractivity contribution in [1.82, 2.24) is 5.32 Å². The molecule has 1 fully saturated rings. The van der Waals surface area contributed by atoms with E-state index in [1.54, 1.807) is 13.0 Å². The molecule has 0 radical (unpaired) electrons. The first kappa shape index (κ1) is 25.1. The highest BCUT2D eigenvalue weighted by Gasteiger charge is 2.32. The molecular formula is C21H21N3O8S2. The van der Waals surface area contributed by atoms with E-state index in [4.69, 9.17) is 18.8 Å². The molecule has 34 heavy (non-hydrogen) atoms. The van der Waals surface area contributed by atoms with Gasteiger partial charge in [-0.05, 0) is 55.0 Å². The van der Waals surface area contributed by atoms with Crippen LogP contribution in [0.4, 0.5) is 0 Å². The standard InChI is InChI=1S/C21H21N3O8S2/c1-3-31-17-10-13(12-22-24-21-23-20(27)18(33-21)11-19(25)26)4-9-16(17)32-34(28,29)15-7-5-14(30-2)6-8-15/h4-10,12,18H,3,11H2,1-2H3,(H,25,26)(H,23,24,27)/b22-12-/t18-/m0/s1. The first-order valence-electron chi connectivity index (χ1n) is 9.87. The zero-order valence-corrected chi connectivity index (χ0v) is 19.8. The average molecular weight is 508 g/mol. The molecule has 1 aliphatic heterocycles. The maximum atomic E-state index is 12.6. The normalized spacial score (nSPS) is 17.1. The third kappa shape index (κ3) is 6.48. The Hall–Kier alpha value is -3.58. The average Bonchev–Trinajstić information content (AvgIpc) is 3.13. The molecule has 1 amide bonds. The zero-order valence-electron chi connectivity index (χ0n) is 18.1. The van der Waals surface area contributed by atoms with Crippen LogP contribution in [-0.2, 0) is 19.7 Å². The monoisotopic (exact) mass is 507 g/mol. The van der Waals surface area contributed by atoms with Crippen LogP contribution in [0, 0.1) is 0 Å². The van der Waals surface area contributed by atoms with Crippen molar-refractivity contribution in [3.8, 4) is 17.2 Å². The maximum Gasteiger partial charge on any atom is 0.339 e. The second-order valence-electron chi connectivity index (χ2n) is 6.70. The van der Waals surface area contributed by atoms with E-state index in [2.05, 4.69) is 15.5 Å². The Bertz CT molecular complexity index is 1230. The SMILES string of the molecule is CCOc1cc(/C=N\N=C2\NC(=O)[C@H](CC(=O)O)S2)ccc1OS(=O)(=O)c1ccc(OC)cc1. The molecule has 11 nitrogen and oxygen atoms in total. The smallest absolute Gasteiger partial charge is 0.339 e. The van der Waals surface area contributed by atoms with Crippen LogP contribution in [0.25, 0.3) is 0 Å². The fourth-order valence-electron chi connectivity index (χ4n) is 2.74. The minimum Gasteiger partial charge on any atom is -0.497 e. The Morgan fingerprint density at radius 3 is 2.59 bits per heavy atom. The van der Waals surface area contributed by atoms with Crippen molar-refractivity contribution < 1.29 is 36.8 Å². The fourth-order valence-corrected chi connectivity index (χ4v) is 4.60. The van der Waals surface area contributed by atoms with Crippen molar-refractivity contribution in [3.63, 3.8) is 0 Å². The van der Waals surface area contributed by atoms with Gasteiger partial charge in [0, 0.05) is 0 Å². The molecule has 3 rings (SSSR count). The predicted molar refractivity (Wildman–Crippen MR) is 125 cm³/mol. The lowest BCUT2D eigenvalue weighted by Crippen LogP contribution is -2.26. The summed E-state index contributed by atoms with van der Waals surface area (Å²) in [4.78, 5) is 22.5. The van der Waals surface area contributed by atoms with Crippen LogP contribution in [0.3, 0.4) is 0 Å². The highest BCUT2D eigenvalue weighted by Crippen LogP contribution is 2.31. The number of ether oxygens (including phenoxy) is 2. The van der Waals surface area contributed by atoms with E-state index in [0.29, 0.717) is 11.3 Å². The van der Waals surface area contributed by atoms with Crippen molar-refractivity contribution >= 4 is 45.1 Å². The van der Waals surface area contributed by atoms with Crippen molar-refractivity contribution in [1.29, 1.82) is 0 Å². The molecule has 2 aromatic rings. The van der Waals surface area contributed by atoms with E-state index in [1.807, 2.05) is 0 Å². The summed E-state index contributed by atoms with van der Waals surface area (Å²) in [5.41, 5.74) is 0.526. The van der Waals surface area contributed by atoms with Crippen molar-refractivity contribution in [2.75, 3.05) is 13.7 Å². The Kier molecular flexibility index (Phi) is 8.12. The third-order valence-electron chi connectivity index (χ3n) is 4.31. The summed E-state index contributed by atoms with van der Waals surface area (Å²) >= 11 is 0.978. The topological polar surface area (TPSA) is 153 Å². The van der Waals surface area contributed by atoms with Gasteiger partial charge in [-0.1, -0.05) is 11.8 Å². The summed E-state index contributed by atoms with van der Waals surface area (Å²) in [6.07, 6.45) is 1.05. The molecule has 0 unspecified atom stereocenters. The summed E-state index contributed by atoms with van der Waals surface area (Å²) in [6, 6.07) is 10.3. The molecule has 1 saturated heterocycles. The summed E-state index contributed by atoms with van der Waals surface area (Å²) < 4.78 is 41.1. The fraction of sp³-hybridized carbons (Fsp3) is 0.238. The van der Waals surface area contributed by atoms with Gasteiger partial charge in [-0.3, -0.25) is 9.59 Å². The lowest BCUT2D eigenvalue weighted by Gasteiger charge is -2.12. The summed E-state index contributed by atoms with van der Waals surface area (Å²) in [5.74, 6) is -0.844. The lowest BCUT2D eigenvalue weighted by molar-refractivity contribution is -0.138. The van der Waals surface area contributed by atoms with Gasteiger partial charge >= 0.3 is 16.1 Å². The molecule has 0 aromatic heterocycles. The number of amidine groups is 1. The Morgan fingerprint density at radius 2 is 1.94 bits per heavy atom. The molecule has 2 aromatic carbocycles. The van der Waals surface area contributed by atoms with Crippen LogP contribution in [0.15, 0.2) is 57.6 Å². The number of carboxylic acids is 1. The van der Waals surface area contributed by atoms with Gasteiger partial charge in [-0.2, -0.15) is 13.5 Å². The van der Waals surface area contributed by atoms with Gasteiger partial charge in [0.2, 0.25) is 5.91 Å². The van der Waals surface area contributed by atoms with E-state index in [9.17, 15) is 18.0 Å². The molecule has 0 bridgehead atoms. The highest BCUT2D eigenvalue weighted by molar-refractivity contribution is 8.15. The number of rotatable bonds is 10. The number of amides is 1. The molecule has 1 aliphatic rings. The predicted octanol–water partition coefficient (Wildman–Crippen LogP) is 2.26. The molecule has 180 valence electrons. The first-order chi connectivity index (χ1) is 16.2. The van der Waals surface area contributed by atoms with Crippen LogP contribution in [0.1, 0.15) is 18.9 Å². The number of methoxy groups -OCH3 is 1. The second kappa shape index (κ2) is 11.0. The number of nitrogens with zero attached hydrogens (tertiary/aromatic N) is 2. The van der Waals surface area contributed by atoms with Crippen molar-refractivity contribution in [3.05, 3.63) is 48.0 Å². The number of carboxylic acid groups (broad SMARTS) is 1. The highest BCUT2D eigenvalue weighted by atomic mass is 32.2. The molecule has 1 atom stereocenters. The lowest BCUT2D eigenvalue weighted by atomic mass is 10.2. The van der Waals surface area contributed by atoms with Crippen LogP contribution < -0.4 is 19.0 Å². The van der Waals surface area contributed by atoms with Crippen molar-refractivity contribution in [2.24, 2.45) is 10.2 Å². The van der Waals surface area contributed by atoms with E-state index in [-0.39, 0.29) is 34.6 Å². The summed E-state index contributed by atoms with van der Waals surface area (Å²) in [7, 11) is -2.64. The van der Waals surface area contributed by atoms with Crippen LogP contribution in [0.2, 0.25) is 0 Å². The van der Waals surface area contributed by atoms with E-state index >= 15 is 0 Å². The Balaban J connectivity index is 1.75. The third-order valence-corrected chi connectivity index (χ3v) is 6.63. The van der Waals surface area contributed by atoms with Gasteiger partial charge in [-0.25, -0.2) is 0 Å². The number of nitrogens with one attached hydrogen (secondary N) is 1. The minimum absolute atomic E-state index is 0.00347. The number of carbonyl (C=O) groups is 2. The minimum atomic E-state index is -4.11. The molecule has 0 saturated carbocycles. The van der Waals surface area contributed by atoms with E-state index < -0.39 is 27.2 Å². The van der Waals surface area contributed by atoms with Gasteiger partial charge in [-0.15, -0.1) is 5.10 Å². The summed E-state index contributed by atoms with van der Waals surface area (Å²) in [6.45, 7) is 2.00. The maximum absolute atomic E-state index is 12.6. The Labute approximate surface area is 199 Å². The Morgan fingerprint density at radius 1 is 1.21 bits per heavy atom. The van der Waals surface area contributed by atoms with E-state index in [1.165, 1.54) is 49.7 Å². The number of thioether (sulfide) groups is 1. The quantitative estimate of drug-likeness (QED) is 0.280.